The van der Waals surface area contributed by atoms with E-state index in [1.165, 1.54) is 51.4 Å². The molecule has 0 aromatic carbocycles. The first-order valence-corrected chi connectivity index (χ1v) is 13.0. The van der Waals surface area contributed by atoms with Crippen LogP contribution in [-0.4, -0.2) is 11.2 Å². The predicted molar refractivity (Wildman–Crippen MR) is 124 cm³/mol. The molecular formula is C28H48O. The van der Waals surface area contributed by atoms with E-state index in [1.54, 1.807) is 5.57 Å². The fraction of sp³-hybridized carbons (Fsp3) is 0.929. The Balaban J connectivity index is 1.49. The Morgan fingerprint density at radius 1 is 0.966 bits per heavy atom. The van der Waals surface area contributed by atoms with Crippen molar-refractivity contribution in [2.75, 3.05) is 0 Å². The quantitative estimate of drug-likeness (QED) is 0.470. The Morgan fingerprint density at radius 3 is 2.45 bits per heavy atom. The highest BCUT2D eigenvalue weighted by Crippen LogP contribution is 2.67. The zero-order valence-electron chi connectivity index (χ0n) is 20.2. The lowest BCUT2D eigenvalue weighted by Gasteiger charge is -2.58. The maximum Gasteiger partial charge on any atom is 0.0577 e. The van der Waals surface area contributed by atoms with E-state index < -0.39 is 0 Å². The third-order valence-electron chi connectivity index (χ3n) is 11.1. The van der Waals surface area contributed by atoms with E-state index in [0.29, 0.717) is 10.8 Å². The van der Waals surface area contributed by atoms with Crippen molar-refractivity contribution in [2.24, 2.45) is 52.3 Å². The van der Waals surface area contributed by atoms with Gasteiger partial charge in [-0.2, -0.15) is 0 Å². The van der Waals surface area contributed by atoms with Gasteiger partial charge in [-0.15, -0.1) is 0 Å². The third-order valence-corrected chi connectivity index (χ3v) is 11.1. The van der Waals surface area contributed by atoms with Crippen LogP contribution in [-0.2, 0) is 0 Å². The molecule has 1 heteroatoms. The SMILES string of the molecule is CC(C)[C@@H](C)CC[C@@H](C)[C@H]1CC[C@@H]2[C@@H]3CC=C4C[C@@H](O)CC[C@]4(C)[C@H]3CC[C@@]21C. The van der Waals surface area contributed by atoms with Crippen LogP contribution in [0.25, 0.3) is 0 Å². The summed E-state index contributed by atoms with van der Waals surface area (Å²) in [7, 11) is 0. The second kappa shape index (κ2) is 7.99. The van der Waals surface area contributed by atoms with Gasteiger partial charge in [-0.1, -0.05) is 66.0 Å². The Morgan fingerprint density at radius 2 is 1.72 bits per heavy atom. The van der Waals surface area contributed by atoms with Gasteiger partial charge in [0.1, 0.15) is 0 Å². The Labute approximate surface area is 181 Å². The van der Waals surface area contributed by atoms with Crippen molar-refractivity contribution in [1.29, 1.82) is 0 Å². The normalized spacial score (nSPS) is 46.5. The Kier molecular flexibility index (Phi) is 6.04. The van der Waals surface area contributed by atoms with Crippen molar-refractivity contribution >= 4 is 0 Å². The summed E-state index contributed by atoms with van der Waals surface area (Å²) >= 11 is 0. The second-order valence-corrected chi connectivity index (χ2v) is 12.7. The summed E-state index contributed by atoms with van der Waals surface area (Å²) in [6, 6.07) is 0. The molecule has 0 aliphatic heterocycles. The Hall–Kier alpha value is -0.300. The number of allylic oxidation sites excluding steroid dienone is 1. The molecule has 0 bridgehead atoms. The third kappa shape index (κ3) is 3.66. The van der Waals surface area contributed by atoms with Gasteiger partial charge in [-0.25, -0.2) is 0 Å². The predicted octanol–water partition coefficient (Wildman–Crippen LogP) is 7.63. The lowest BCUT2D eigenvalue weighted by atomic mass is 9.47. The molecular weight excluding hydrogens is 352 g/mol. The number of hydrogen-bond acceptors (Lipinski definition) is 1. The summed E-state index contributed by atoms with van der Waals surface area (Å²) in [6.07, 6.45) is 15.7. The zero-order chi connectivity index (χ0) is 21.0. The zero-order valence-corrected chi connectivity index (χ0v) is 20.2. The number of aliphatic hydroxyl groups is 1. The number of fused-ring (bicyclic) bond motifs is 5. The summed E-state index contributed by atoms with van der Waals surface area (Å²) in [5.41, 5.74) is 2.59. The standard InChI is InChI=1S/C28H48O/c1-18(2)19(3)7-8-20(4)24-11-12-25-23-10-9-21-17-22(29)13-15-27(21,5)26(23)14-16-28(24,25)6/h9,18-20,22-26,29H,7-8,10-17H2,1-6H3/t19-,20+,22-,23-,24+,25+,26-,27-,28+/m0/s1. The topological polar surface area (TPSA) is 20.2 Å². The monoisotopic (exact) mass is 400 g/mol. The molecule has 4 aliphatic rings. The van der Waals surface area contributed by atoms with E-state index in [9.17, 15) is 5.11 Å². The van der Waals surface area contributed by atoms with E-state index in [1.807, 2.05) is 0 Å². The van der Waals surface area contributed by atoms with Gasteiger partial charge >= 0.3 is 0 Å². The van der Waals surface area contributed by atoms with Crippen molar-refractivity contribution < 1.29 is 5.11 Å². The van der Waals surface area contributed by atoms with Gasteiger partial charge < -0.3 is 5.11 Å². The van der Waals surface area contributed by atoms with Crippen LogP contribution in [0, 0.1) is 52.3 Å². The van der Waals surface area contributed by atoms with Gasteiger partial charge in [-0.05, 0) is 104 Å². The van der Waals surface area contributed by atoms with Crippen LogP contribution in [0.15, 0.2) is 11.6 Å². The lowest BCUT2D eigenvalue weighted by Crippen LogP contribution is -2.50. The van der Waals surface area contributed by atoms with E-state index in [4.69, 9.17) is 0 Å². The van der Waals surface area contributed by atoms with E-state index in [2.05, 4.69) is 47.6 Å². The van der Waals surface area contributed by atoms with Gasteiger partial charge in [0, 0.05) is 0 Å². The molecule has 0 aromatic rings. The van der Waals surface area contributed by atoms with Gasteiger partial charge in [0.2, 0.25) is 0 Å². The summed E-state index contributed by atoms with van der Waals surface area (Å²) in [6.45, 7) is 15.1. The van der Waals surface area contributed by atoms with E-state index in [-0.39, 0.29) is 6.10 Å². The fourth-order valence-corrected chi connectivity index (χ4v) is 8.68. The minimum absolute atomic E-state index is 0.0790. The first-order valence-electron chi connectivity index (χ1n) is 13.0. The summed E-state index contributed by atoms with van der Waals surface area (Å²) < 4.78 is 0. The average molecular weight is 401 g/mol. The van der Waals surface area contributed by atoms with Crippen LogP contribution in [0.5, 0.6) is 0 Å². The van der Waals surface area contributed by atoms with Crippen molar-refractivity contribution in [1.82, 2.24) is 0 Å². The molecule has 0 heterocycles. The maximum absolute atomic E-state index is 10.2. The summed E-state index contributed by atoms with van der Waals surface area (Å²) in [5.74, 6) is 6.24. The van der Waals surface area contributed by atoms with Crippen LogP contribution in [0.2, 0.25) is 0 Å². The van der Waals surface area contributed by atoms with Crippen molar-refractivity contribution in [3.05, 3.63) is 11.6 Å². The van der Waals surface area contributed by atoms with Crippen molar-refractivity contribution in [3.8, 4) is 0 Å². The van der Waals surface area contributed by atoms with Crippen LogP contribution in [0.1, 0.15) is 106 Å². The number of hydrogen-bond donors (Lipinski definition) is 1. The van der Waals surface area contributed by atoms with Crippen molar-refractivity contribution in [3.63, 3.8) is 0 Å². The molecule has 9 atom stereocenters. The fourth-order valence-electron chi connectivity index (χ4n) is 8.68. The molecule has 3 saturated carbocycles. The second-order valence-electron chi connectivity index (χ2n) is 12.7. The molecule has 29 heavy (non-hydrogen) atoms. The summed E-state index contributed by atoms with van der Waals surface area (Å²) in [5, 5.41) is 10.2. The minimum Gasteiger partial charge on any atom is -0.393 e. The first-order chi connectivity index (χ1) is 13.7. The summed E-state index contributed by atoms with van der Waals surface area (Å²) in [4.78, 5) is 0. The maximum atomic E-state index is 10.2. The largest absolute Gasteiger partial charge is 0.393 e. The molecule has 0 radical (unpaired) electrons. The highest BCUT2D eigenvalue weighted by molar-refractivity contribution is 5.25. The van der Waals surface area contributed by atoms with E-state index >= 15 is 0 Å². The number of rotatable bonds is 5. The van der Waals surface area contributed by atoms with Crippen molar-refractivity contribution in [2.45, 2.75) is 112 Å². The molecule has 166 valence electrons. The van der Waals surface area contributed by atoms with Gasteiger partial charge in [0.25, 0.3) is 0 Å². The highest BCUT2D eigenvalue weighted by Gasteiger charge is 2.59. The minimum atomic E-state index is -0.0790. The molecule has 0 amide bonds. The molecule has 3 fully saturated rings. The lowest BCUT2D eigenvalue weighted by molar-refractivity contribution is -0.0574. The molecule has 0 unspecified atom stereocenters. The van der Waals surface area contributed by atoms with E-state index in [0.717, 1.165) is 54.3 Å². The van der Waals surface area contributed by atoms with Gasteiger partial charge in [0.05, 0.1) is 6.10 Å². The van der Waals surface area contributed by atoms with Gasteiger partial charge in [-0.3, -0.25) is 0 Å². The Bertz CT molecular complexity index is 620. The average Bonchev–Trinajstić information content (AvgIpc) is 3.03. The molecule has 4 aliphatic carbocycles. The van der Waals surface area contributed by atoms with Crippen LogP contribution >= 0.6 is 0 Å². The smallest absolute Gasteiger partial charge is 0.0577 e. The van der Waals surface area contributed by atoms with Crippen LogP contribution < -0.4 is 0 Å². The molecule has 1 N–H and O–H groups in total. The highest BCUT2D eigenvalue weighted by atomic mass is 16.3. The molecule has 4 rings (SSSR count). The molecule has 0 spiro atoms. The van der Waals surface area contributed by atoms with Crippen LogP contribution in [0.4, 0.5) is 0 Å². The molecule has 0 aromatic heterocycles. The van der Waals surface area contributed by atoms with Crippen LogP contribution in [0.3, 0.4) is 0 Å². The molecule has 1 nitrogen and oxygen atoms in total. The van der Waals surface area contributed by atoms with Gasteiger partial charge in [0.15, 0.2) is 0 Å². The molecule has 0 saturated heterocycles. The number of aliphatic hydroxyl groups excluding tert-OH is 1. The first kappa shape index (κ1) is 21.9.